The summed E-state index contributed by atoms with van der Waals surface area (Å²) in [5.41, 5.74) is 0.481. The minimum Gasteiger partial charge on any atom is -0.349 e. The molecule has 0 radical (unpaired) electrons. The van der Waals surface area contributed by atoms with E-state index in [0.29, 0.717) is 18.4 Å². The summed E-state index contributed by atoms with van der Waals surface area (Å²) in [6.45, 7) is 0. The van der Waals surface area contributed by atoms with Gasteiger partial charge in [-0.05, 0) is 43.9 Å². The molecule has 0 saturated heterocycles. The van der Waals surface area contributed by atoms with Crippen LogP contribution in [0.3, 0.4) is 0 Å². The number of nitrogens with one attached hydrogen (secondary N) is 1. The maximum absolute atomic E-state index is 12.6. The molecule has 1 aromatic rings. The van der Waals surface area contributed by atoms with E-state index >= 15 is 0 Å². The minimum atomic E-state index is -4.12. The van der Waals surface area contributed by atoms with E-state index in [1.807, 2.05) is 6.07 Å². The van der Waals surface area contributed by atoms with Crippen LogP contribution in [0.1, 0.15) is 36.0 Å². The van der Waals surface area contributed by atoms with Crippen molar-refractivity contribution in [1.29, 1.82) is 0 Å². The van der Waals surface area contributed by atoms with Crippen molar-refractivity contribution < 1.29 is 18.0 Å². The second-order valence-electron chi connectivity index (χ2n) is 5.22. The summed E-state index contributed by atoms with van der Waals surface area (Å²) in [6.07, 6.45) is -3.23. The normalized spacial score (nSPS) is 22.9. The molecule has 2 rings (SSSR count). The molecule has 1 saturated carbocycles. The highest BCUT2D eigenvalue weighted by Crippen LogP contribution is 2.37. The van der Waals surface area contributed by atoms with Gasteiger partial charge in [0.1, 0.15) is 0 Å². The lowest BCUT2D eigenvalue weighted by atomic mass is 9.85. The third kappa shape index (κ3) is 4.71. The first-order chi connectivity index (χ1) is 9.75. The van der Waals surface area contributed by atoms with Gasteiger partial charge in [-0.1, -0.05) is 31.9 Å². The molecule has 21 heavy (non-hydrogen) atoms. The fraction of sp³-hybridized carbons (Fsp3) is 0.500. The minimum absolute atomic E-state index is 0.0800. The molecule has 1 aliphatic carbocycles. The van der Waals surface area contributed by atoms with Gasteiger partial charge in [-0.3, -0.25) is 4.79 Å². The molecule has 1 N–H and O–H groups in total. The average Bonchev–Trinajstić information content (AvgIpc) is 2.37. The number of benzene rings is 1. The van der Waals surface area contributed by atoms with Crippen LogP contribution in [0.15, 0.2) is 27.1 Å². The van der Waals surface area contributed by atoms with Crippen molar-refractivity contribution in [2.45, 2.75) is 37.9 Å². The van der Waals surface area contributed by atoms with Gasteiger partial charge >= 0.3 is 6.18 Å². The van der Waals surface area contributed by atoms with Crippen molar-refractivity contribution in [2.24, 2.45) is 5.92 Å². The summed E-state index contributed by atoms with van der Waals surface area (Å²) in [6, 6.07) is 4.99. The topological polar surface area (TPSA) is 29.1 Å². The van der Waals surface area contributed by atoms with Crippen molar-refractivity contribution in [1.82, 2.24) is 5.32 Å². The van der Waals surface area contributed by atoms with Crippen molar-refractivity contribution in [2.75, 3.05) is 0 Å². The molecule has 0 heterocycles. The van der Waals surface area contributed by atoms with Crippen LogP contribution >= 0.6 is 31.9 Å². The molecule has 7 heteroatoms. The standard InChI is InChI=1S/C14H14Br2F3NO/c15-10-5-8(6-11(16)7-10)13(21)20-12-3-1-9(2-4-12)14(17,18)19/h5-7,9,12H,1-4H2,(H,20,21). The van der Waals surface area contributed by atoms with E-state index in [4.69, 9.17) is 0 Å². The van der Waals surface area contributed by atoms with Gasteiger partial charge in [-0.2, -0.15) is 13.2 Å². The summed E-state index contributed by atoms with van der Waals surface area (Å²) in [5, 5.41) is 2.81. The quantitative estimate of drug-likeness (QED) is 0.700. The SMILES string of the molecule is O=C(NC1CCC(C(F)(F)F)CC1)c1cc(Br)cc(Br)c1. The van der Waals surface area contributed by atoms with Gasteiger partial charge in [0, 0.05) is 20.6 Å². The van der Waals surface area contributed by atoms with Crippen LogP contribution in [0, 0.1) is 5.92 Å². The Balaban J connectivity index is 1.93. The Morgan fingerprint density at radius 1 is 1.05 bits per heavy atom. The Kier molecular flexibility index (Phi) is 5.35. The zero-order valence-corrected chi connectivity index (χ0v) is 14.2. The van der Waals surface area contributed by atoms with E-state index in [0.717, 1.165) is 8.95 Å². The molecule has 2 nitrogen and oxygen atoms in total. The van der Waals surface area contributed by atoms with E-state index in [2.05, 4.69) is 37.2 Å². The lowest BCUT2D eigenvalue weighted by molar-refractivity contribution is -0.182. The smallest absolute Gasteiger partial charge is 0.349 e. The lowest BCUT2D eigenvalue weighted by Crippen LogP contribution is -2.40. The summed E-state index contributed by atoms with van der Waals surface area (Å²) in [4.78, 5) is 12.1. The molecule has 116 valence electrons. The van der Waals surface area contributed by atoms with E-state index in [9.17, 15) is 18.0 Å². The van der Waals surface area contributed by atoms with E-state index < -0.39 is 12.1 Å². The molecule has 0 bridgehead atoms. The van der Waals surface area contributed by atoms with Gasteiger partial charge < -0.3 is 5.32 Å². The van der Waals surface area contributed by atoms with Crippen LogP contribution in [0.2, 0.25) is 0 Å². The van der Waals surface area contributed by atoms with E-state index in [1.54, 1.807) is 12.1 Å². The van der Waals surface area contributed by atoms with Gasteiger partial charge in [0.15, 0.2) is 0 Å². The Morgan fingerprint density at radius 2 is 1.57 bits per heavy atom. The third-order valence-corrected chi connectivity index (χ3v) is 4.57. The first-order valence-corrected chi connectivity index (χ1v) is 8.18. The van der Waals surface area contributed by atoms with Crippen LogP contribution in [0.25, 0.3) is 0 Å². The van der Waals surface area contributed by atoms with Crippen molar-refractivity contribution >= 4 is 37.8 Å². The van der Waals surface area contributed by atoms with Crippen LogP contribution in [-0.2, 0) is 0 Å². The zero-order chi connectivity index (χ0) is 15.6. The molecule has 0 aliphatic heterocycles. The maximum Gasteiger partial charge on any atom is 0.391 e. The third-order valence-electron chi connectivity index (χ3n) is 3.65. The van der Waals surface area contributed by atoms with Crippen LogP contribution < -0.4 is 5.32 Å². The average molecular weight is 429 g/mol. The Hall–Kier alpha value is -0.560. The summed E-state index contributed by atoms with van der Waals surface area (Å²) >= 11 is 6.60. The number of carbonyl (C=O) groups is 1. The first kappa shape index (κ1) is 16.8. The Morgan fingerprint density at radius 3 is 2.05 bits per heavy atom. The van der Waals surface area contributed by atoms with Gasteiger partial charge in [0.2, 0.25) is 0 Å². The predicted octanol–water partition coefficient (Wildman–Crippen LogP) is 5.06. The fourth-order valence-electron chi connectivity index (χ4n) is 2.52. The molecule has 0 atom stereocenters. The second kappa shape index (κ2) is 6.69. The summed E-state index contributed by atoms with van der Waals surface area (Å²) in [7, 11) is 0. The number of amides is 1. The molecule has 0 unspecified atom stereocenters. The van der Waals surface area contributed by atoms with Crippen molar-refractivity contribution in [3.63, 3.8) is 0 Å². The Labute approximate surface area is 137 Å². The van der Waals surface area contributed by atoms with Crippen LogP contribution in [0.5, 0.6) is 0 Å². The molecule has 0 spiro atoms. The number of hydrogen-bond donors (Lipinski definition) is 1. The van der Waals surface area contributed by atoms with Gasteiger partial charge in [-0.15, -0.1) is 0 Å². The molecule has 0 aromatic heterocycles. The predicted molar refractivity (Wildman–Crippen MR) is 81.1 cm³/mol. The number of halogens is 5. The van der Waals surface area contributed by atoms with E-state index in [-0.39, 0.29) is 24.8 Å². The highest BCUT2D eigenvalue weighted by atomic mass is 79.9. The van der Waals surface area contributed by atoms with Crippen LogP contribution in [-0.4, -0.2) is 18.1 Å². The highest BCUT2D eigenvalue weighted by molar-refractivity contribution is 9.11. The van der Waals surface area contributed by atoms with Crippen molar-refractivity contribution in [3.8, 4) is 0 Å². The van der Waals surface area contributed by atoms with Crippen LogP contribution in [0.4, 0.5) is 13.2 Å². The van der Waals surface area contributed by atoms with Gasteiger partial charge in [-0.25, -0.2) is 0 Å². The molecular weight excluding hydrogens is 415 g/mol. The highest BCUT2D eigenvalue weighted by Gasteiger charge is 2.41. The Bertz CT molecular complexity index is 505. The number of alkyl halides is 3. The van der Waals surface area contributed by atoms with Gasteiger partial charge in [0.25, 0.3) is 5.91 Å². The molecule has 1 aliphatic rings. The number of rotatable bonds is 2. The maximum atomic E-state index is 12.6. The van der Waals surface area contributed by atoms with Gasteiger partial charge in [0.05, 0.1) is 5.92 Å². The largest absolute Gasteiger partial charge is 0.391 e. The first-order valence-electron chi connectivity index (χ1n) is 6.59. The molecular formula is C14H14Br2F3NO. The number of hydrogen-bond acceptors (Lipinski definition) is 1. The second-order valence-corrected chi connectivity index (χ2v) is 7.05. The molecule has 1 aromatic carbocycles. The molecule has 1 amide bonds. The lowest BCUT2D eigenvalue weighted by Gasteiger charge is -2.30. The monoisotopic (exact) mass is 427 g/mol. The zero-order valence-electron chi connectivity index (χ0n) is 11.0. The summed E-state index contributed by atoms with van der Waals surface area (Å²) in [5.74, 6) is -1.49. The van der Waals surface area contributed by atoms with E-state index in [1.165, 1.54) is 0 Å². The fourth-order valence-corrected chi connectivity index (χ4v) is 3.81. The summed E-state index contributed by atoms with van der Waals surface area (Å²) < 4.78 is 39.3. The number of carbonyl (C=O) groups excluding carboxylic acids is 1. The van der Waals surface area contributed by atoms with Crippen molar-refractivity contribution in [3.05, 3.63) is 32.7 Å². The molecule has 1 fully saturated rings.